The molecule has 2 aliphatic carbocycles. The average molecular weight is 324 g/mol. The van der Waals surface area contributed by atoms with Crippen LogP contribution in [0.25, 0.3) is 0 Å². The van der Waals surface area contributed by atoms with Crippen molar-refractivity contribution in [3.05, 3.63) is 0 Å². The van der Waals surface area contributed by atoms with Crippen LogP contribution < -0.4 is 5.32 Å². The molecule has 6 heteroatoms. The Balaban J connectivity index is 1.59. The molecular formula is C17H28N2O4. The summed E-state index contributed by atoms with van der Waals surface area (Å²) in [7, 11) is 0. The minimum atomic E-state index is -0.323. The van der Waals surface area contributed by atoms with E-state index < -0.39 is 0 Å². The molecule has 0 aromatic heterocycles. The van der Waals surface area contributed by atoms with Gasteiger partial charge in [0.25, 0.3) is 0 Å². The highest BCUT2D eigenvalue weighted by Crippen LogP contribution is 2.32. The molecule has 23 heavy (non-hydrogen) atoms. The van der Waals surface area contributed by atoms with Gasteiger partial charge in [-0.25, -0.2) is 4.79 Å². The summed E-state index contributed by atoms with van der Waals surface area (Å²) in [6.45, 7) is 2.05. The van der Waals surface area contributed by atoms with Crippen LogP contribution in [0, 0.1) is 5.92 Å². The Kier molecular flexibility index (Phi) is 5.09. The second-order valence-electron chi connectivity index (χ2n) is 7.28. The van der Waals surface area contributed by atoms with Crippen LogP contribution in [0.5, 0.6) is 0 Å². The second kappa shape index (κ2) is 7.07. The number of hydrogen-bond donors (Lipinski definition) is 2. The van der Waals surface area contributed by atoms with Gasteiger partial charge in [-0.15, -0.1) is 0 Å². The Labute approximate surface area is 137 Å². The number of nitrogens with one attached hydrogen (secondary N) is 1. The van der Waals surface area contributed by atoms with Gasteiger partial charge in [0.05, 0.1) is 18.2 Å². The molecule has 3 fully saturated rings. The Morgan fingerprint density at radius 2 is 2.09 bits per heavy atom. The zero-order chi connectivity index (χ0) is 16.4. The zero-order valence-electron chi connectivity index (χ0n) is 13.9. The van der Waals surface area contributed by atoms with E-state index in [0.29, 0.717) is 31.7 Å². The van der Waals surface area contributed by atoms with Crippen LogP contribution in [0.2, 0.25) is 0 Å². The van der Waals surface area contributed by atoms with E-state index in [1.807, 2.05) is 4.90 Å². The fourth-order valence-corrected chi connectivity index (χ4v) is 4.52. The molecule has 1 aliphatic heterocycles. The third-order valence-corrected chi connectivity index (χ3v) is 5.62. The van der Waals surface area contributed by atoms with Crippen LogP contribution in [-0.4, -0.2) is 52.8 Å². The van der Waals surface area contributed by atoms with E-state index in [1.165, 1.54) is 26.2 Å². The normalized spacial score (nSPS) is 32.5. The van der Waals surface area contributed by atoms with Gasteiger partial charge in [-0.3, -0.25) is 4.79 Å². The van der Waals surface area contributed by atoms with Crippen LogP contribution in [0.3, 0.4) is 0 Å². The molecule has 3 rings (SSSR count). The lowest BCUT2D eigenvalue weighted by atomic mass is 9.84. The lowest BCUT2D eigenvalue weighted by molar-refractivity contribution is -0.150. The van der Waals surface area contributed by atoms with Gasteiger partial charge in [-0.05, 0) is 31.6 Å². The number of hydrogen-bond acceptors (Lipinski definition) is 4. The fraction of sp³-hybridized carbons (Fsp3) is 0.882. The van der Waals surface area contributed by atoms with Gasteiger partial charge in [-0.1, -0.05) is 19.3 Å². The minimum absolute atomic E-state index is 0.0443. The Bertz CT molecular complexity index is 450. The minimum Gasteiger partial charge on any atom is -0.462 e. The number of rotatable bonds is 5. The number of amides is 2. The van der Waals surface area contributed by atoms with Crippen LogP contribution in [0.15, 0.2) is 0 Å². The first-order chi connectivity index (χ1) is 11.0. The molecule has 0 spiro atoms. The summed E-state index contributed by atoms with van der Waals surface area (Å²) in [4.78, 5) is 25.4. The van der Waals surface area contributed by atoms with E-state index in [9.17, 15) is 14.7 Å². The van der Waals surface area contributed by atoms with Crippen LogP contribution in [-0.2, 0) is 9.53 Å². The van der Waals surface area contributed by atoms with Gasteiger partial charge in [-0.2, -0.15) is 0 Å². The summed E-state index contributed by atoms with van der Waals surface area (Å²) in [5, 5.41) is 12.8. The largest absolute Gasteiger partial charge is 0.462 e. The lowest BCUT2D eigenvalue weighted by Crippen LogP contribution is -2.39. The number of fused-ring (bicyclic) bond motifs is 1. The highest BCUT2D eigenvalue weighted by Gasteiger charge is 2.45. The SMILES string of the molecule is CC(=O)OC(CCN1C(=O)N[C@@H]2C[C@H](O)C[C@@H]21)C1CCCCC1. The van der Waals surface area contributed by atoms with E-state index in [0.717, 1.165) is 12.8 Å². The van der Waals surface area contributed by atoms with Crippen LogP contribution in [0.1, 0.15) is 58.3 Å². The molecule has 0 radical (unpaired) electrons. The Morgan fingerprint density at radius 3 is 2.78 bits per heavy atom. The molecule has 0 aromatic rings. The molecule has 0 bridgehead atoms. The third-order valence-electron chi connectivity index (χ3n) is 5.62. The first-order valence-electron chi connectivity index (χ1n) is 8.97. The number of ether oxygens (including phenoxy) is 1. The highest BCUT2D eigenvalue weighted by atomic mass is 16.5. The van der Waals surface area contributed by atoms with Gasteiger partial charge < -0.3 is 20.1 Å². The molecule has 3 aliphatic rings. The van der Waals surface area contributed by atoms with Crippen LogP contribution >= 0.6 is 0 Å². The summed E-state index contributed by atoms with van der Waals surface area (Å²) >= 11 is 0. The molecule has 1 saturated heterocycles. The molecule has 1 unspecified atom stereocenters. The first kappa shape index (κ1) is 16.6. The predicted molar refractivity (Wildman–Crippen MR) is 84.8 cm³/mol. The monoisotopic (exact) mass is 324 g/mol. The fourth-order valence-electron chi connectivity index (χ4n) is 4.52. The van der Waals surface area contributed by atoms with Gasteiger partial charge in [0.1, 0.15) is 6.10 Å². The summed E-state index contributed by atoms with van der Waals surface area (Å²) in [5.74, 6) is 0.184. The summed E-state index contributed by atoms with van der Waals surface area (Å²) in [6.07, 6.45) is 7.43. The molecule has 6 nitrogen and oxygen atoms in total. The van der Waals surface area contributed by atoms with Crippen molar-refractivity contribution in [1.29, 1.82) is 0 Å². The van der Waals surface area contributed by atoms with Gasteiger partial charge in [0.2, 0.25) is 0 Å². The first-order valence-corrected chi connectivity index (χ1v) is 8.97. The predicted octanol–water partition coefficient (Wildman–Crippen LogP) is 1.81. The smallest absolute Gasteiger partial charge is 0.318 e. The number of aliphatic hydroxyl groups is 1. The molecule has 4 atom stereocenters. The number of esters is 1. The van der Waals surface area contributed by atoms with E-state index in [1.54, 1.807) is 0 Å². The molecule has 0 aromatic carbocycles. The molecule has 130 valence electrons. The topological polar surface area (TPSA) is 78.9 Å². The van der Waals surface area contributed by atoms with E-state index in [4.69, 9.17) is 4.74 Å². The van der Waals surface area contributed by atoms with E-state index >= 15 is 0 Å². The number of carbonyl (C=O) groups excluding carboxylic acids is 2. The maximum absolute atomic E-state index is 12.1. The Hall–Kier alpha value is -1.30. The number of carbonyl (C=O) groups is 2. The molecule has 2 N–H and O–H groups in total. The lowest BCUT2D eigenvalue weighted by Gasteiger charge is -2.31. The van der Waals surface area contributed by atoms with Crippen molar-refractivity contribution < 1.29 is 19.4 Å². The second-order valence-corrected chi connectivity index (χ2v) is 7.28. The molecular weight excluding hydrogens is 296 g/mol. The summed E-state index contributed by atoms with van der Waals surface area (Å²) in [6, 6.07) is 0.110. The number of urea groups is 1. The van der Waals surface area contributed by atoms with Crippen molar-refractivity contribution in [3.63, 3.8) is 0 Å². The zero-order valence-corrected chi connectivity index (χ0v) is 13.9. The van der Waals surface area contributed by atoms with Crippen molar-refractivity contribution in [3.8, 4) is 0 Å². The molecule has 2 saturated carbocycles. The third kappa shape index (κ3) is 3.79. The summed E-state index contributed by atoms with van der Waals surface area (Å²) in [5.41, 5.74) is 0. The number of nitrogens with zero attached hydrogens (tertiary/aromatic N) is 1. The van der Waals surface area contributed by atoms with Crippen molar-refractivity contribution in [1.82, 2.24) is 10.2 Å². The van der Waals surface area contributed by atoms with E-state index in [-0.39, 0.29) is 36.3 Å². The quantitative estimate of drug-likeness (QED) is 0.756. The Morgan fingerprint density at radius 1 is 1.35 bits per heavy atom. The molecule has 2 amide bonds. The maximum atomic E-state index is 12.1. The standard InChI is InChI=1S/C17H28N2O4/c1-11(20)23-16(12-5-3-2-4-6-12)7-8-19-15-10-13(21)9-14(15)18-17(19)22/h12-16,21H,2-10H2,1H3,(H,18,22)/t13-,14+,15-,16?/m0/s1. The van der Waals surface area contributed by atoms with Crippen molar-refractivity contribution in [2.24, 2.45) is 5.92 Å². The highest BCUT2D eigenvalue weighted by molar-refractivity contribution is 5.78. The molecule has 1 heterocycles. The summed E-state index contributed by atoms with van der Waals surface area (Å²) < 4.78 is 5.57. The van der Waals surface area contributed by atoms with E-state index in [2.05, 4.69) is 5.32 Å². The van der Waals surface area contributed by atoms with Crippen molar-refractivity contribution in [2.45, 2.75) is 82.6 Å². The van der Waals surface area contributed by atoms with Crippen molar-refractivity contribution >= 4 is 12.0 Å². The maximum Gasteiger partial charge on any atom is 0.318 e. The number of aliphatic hydroxyl groups excluding tert-OH is 1. The van der Waals surface area contributed by atoms with Gasteiger partial charge in [0.15, 0.2) is 0 Å². The average Bonchev–Trinajstić information content (AvgIpc) is 2.99. The van der Waals surface area contributed by atoms with Gasteiger partial charge in [0, 0.05) is 19.9 Å². The van der Waals surface area contributed by atoms with Gasteiger partial charge >= 0.3 is 12.0 Å². The van der Waals surface area contributed by atoms with Crippen LogP contribution in [0.4, 0.5) is 4.79 Å². The van der Waals surface area contributed by atoms with Crippen molar-refractivity contribution in [2.75, 3.05) is 6.54 Å².